The fourth-order valence-corrected chi connectivity index (χ4v) is 9.25. The third-order valence-electron chi connectivity index (χ3n) is 12.3. The molecule has 0 radical (unpaired) electrons. The third kappa shape index (κ3) is 7.93. The standard InChI is InChI=1S/C60H49N3/c1-45-24-20-21-25-48(45)44-62-58(47-27-23-41-56(43-47)60(52-34-14-5-15-35-52,53-36-16-6-17-37-53)54-38-18-7-19-39-54)63-57(61)46-26-22-40-55(42-46)59(49-28-8-2-9-29-49,50-30-10-3-11-31-50)51-32-12-4-13-33-51/h2-43H,44H2,1H3,(H2,61,62,63). The molecule has 0 spiro atoms. The molecule has 0 aromatic heterocycles. The molecule has 0 aliphatic heterocycles. The smallest absolute Gasteiger partial charge is 0.157 e. The van der Waals surface area contributed by atoms with Crippen molar-refractivity contribution in [2.24, 2.45) is 15.7 Å². The van der Waals surface area contributed by atoms with Gasteiger partial charge in [0, 0.05) is 11.1 Å². The van der Waals surface area contributed by atoms with Gasteiger partial charge in [0.25, 0.3) is 0 Å². The van der Waals surface area contributed by atoms with E-state index in [1.807, 2.05) is 0 Å². The molecule has 0 fully saturated rings. The van der Waals surface area contributed by atoms with Crippen LogP contribution in [0.5, 0.6) is 0 Å². The van der Waals surface area contributed by atoms with Crippen LogP contribution in [0.25, 0.3) is 0 Å². The predicted octanol–water partition coefficient (Wildman–Crippen LogP) is 13.1. The van der Waals surface area contributed by atoms with E-state index < -0.39 is 10.8 Å². The van der Waals surface area contributed by atoms with Gasteiger partial charge in [0.15, 0.2) is 5.84 Å². The highest BCUT2D eigenvalue weighted by molar-refractivity contribution is 6.11. The summed E-state index contributed by atoms with van der Waals surface area (Å²) in [5.41, 5.74) is 19.1. The first-order chi connectivity index (χ1) is 31.1. The molecule has 2 N–H and O–H groups in total. The first-order valence-corrected chi connectivity index (χ1v) is 21.6. The Bertz CT molecular complexity index is 2770. The van der Waals surface area contributed by atoms with Gasteiger partial charge in [-0.25, -0.2) is 4.99 Å². The van der Waals surface area contributed by atoms with Crippen LogP contribution < -0.4 is 5.73 Å². The fourth-order valence-electron chi connectivity index (χ4n) is 9.25. The molecule has 0 bridgehead atoms. The highest BCUT2D eigenvalue weighted by atomic mass is 15.0. The Morgan fingerprint density at radius 2 is 0.683 bits per heavy atom. The van der Waals surface area contributed by atoms with Crippen molar-refractivity contribution in [2.75, 3.05) is 0 Å². The maximum Gasteiger partial charge on any atom is 0.157 e. The third-order valence-corrected chi connectivity index (χ3v) is 12.3. The lowest BCUT2D eigenvalue weighted by atomic mass is 9.65. The molecule has 304 valence electrons. The van der Waals surface area contributed by atoms with Crippen molar-refractivity contribution in [1.29, 1.82) is 0 Å². The minimum absolute atomic E-state index is 0.384. The lowest BCUT2D eigenvalue weighted by Crippen LogP contribution is -2.31. The maximum absolute atomic E-state index is 7.23. The molecule has 63 heavy (non-hydrogen) atoms. The highest BCUT2D eigenvalue weighted by Crippen LogP contribution is 2.47. The lowest BCUT2D eigenvalue weighted by molar-refractivity contribution is 0.745. The largest absolute Gasteiger partial charge is 0.383 e. The molecule has 9 rings (SSSR count). The molecular weight excluding hydrogens is 763 g/mol. The summed E-state index contributed by atoms with van der Waals surface area (Å²) in [5.74, 6) is 0.945. The van der Waals surface area contributed by atoms with E-state index in [1.165, 1.54) is 5.56 Å². The van der Waals surface area contributed by atoms with Crippen LogP contribution in [0, 0.1) is 6.92 Å². The molecule has 3 nitrogen and oxygen atoms in total. The van der Waals surface area contributed by atoms with Crippen LogP contribution in [-0.2, 0) is 17.4 Å². The number of benzene rings is 9. The monoisotopic (exact) mass is 811 g/mol. The summed E-state index contributed by atoms with van der Waals surface area (Å²) in [6, 6.07) is 90.1. The first kappa shape index (κ1) is 40.5. The van der Waals surface area contributed by atoms with E-state index in [0.717, 1.165) is 61.2 Å². The number of aryl methyl sites for hydroxylation is 1. The minimum atomic E-state index is -0.639. The molecule has 0 heterocycles. The second-order valence-electron chi connectivity index (χ2n) is 15.9. The van der Waals surface area contributed by atoms with E-state index in [1.54, 1.807) is 0 Å². The maximum atomic E-state index is 7.23. The van der Waals surface area contributed by atoms with Gasteiger partial charge >= 0.3 is 0 Å². The number of hydrogen-bond donors (Lipinski definition) is 1. The number of hydrogen-bond acceptors (Lipinski definition) is 1. The second kappa shape index (κ2) is 18.4. The lowest BCUT2D eigenvalue weighted by Gasteiger charge is -2.37. The quantitative estimate of drug-likeness (QED) is 0.0746. The fraction of sp³-hybridized carbons (Fsp3) is 0.0667. The second-order valence-corrected chi connectivity index (χ2v) is 15.9. The van der Waals surface area contributed by atoms with E-state index in [4.69, 9.17) is 15.7 Å². The summed E-state index contributed by atoms with van der Waals surface area (Å²) in [5, 5.41) is 0. The number of nitrogens with two attached hydrogens (primary N) is 1. The van der Waals surface area contributed by atoms with Crippen molar-refractivity contribution < 1.29 is 0 Å². The number of rotatable bonds is 12. The zero-order valence-corrected chi connectivity index (χ0v) is 35.4. The predicted molar refractivity (Wildman–Crippen MR) is 262 cm³/mol. The van der Waals surface area contributed by atoms with Gasteiger partial charge in [-0.2, -0.15) is 0 Å². The van der Waals surface area contributed by atoms with Crippen LogP contribution in [-0.4, -0.2) is 11.7 Å². The first-order valence-electron chi connectivity index (χ1n) is 21.6. The molecule has 0 atom stereocenters. The van der Waals surface area contributed by atoms with Crippen LogP contribution in [0.3, 0.4) is 0 Å². The molecule has 0 amide bonds. The summed E-state index contributed by atoms with van der Waals surface area (Å²) in [6.45, 7) is 2.57. The van der Waals surface area contributed by atoms with Crippen molar-refractivity contribution in [1.82, 2.24) is 0 Å². The van der Waals surface area contributed by atoms with Crippen LogP contribution in [0.15, 0.2) is 265 Å². The number of nitrogens with zero attached hydrogens (tertiary/aromatic N) is 2. The molecule has 0 saturated heterocycles. The highest BCUT2D eigenvalue weighted by Gasteiger charge is 2.40. The van der Waals surface area contributed by atoms with Gasteiger partial charge in [-0.05, 0) is 74.7 Å². The summed E-state index contributed by atoms with van der Waals surface area (Å²) >= 11 is 0. The minimum Gasteiger partial charge on any atom is -0.383 e. The van der Waals surface area contributed by atoms with Gasteiger partial charge in [-0.3, -0.25) is 4.99 Å². The van der Waals surface area contributed by atoms with Crippen molar-refractivity contribution in [2.45, 2.75) is 24.3 Å². The van der Waals surface area contributed by atoms with Gasteiger partial charge in [0.05, 0.1) is 17.4 Å². The van der Waals surface area contributed by atoms with E-state index >= 15 is 0 Å². The summed E-state index contributed by atoms with van der Waals surface area (Å²) in [6.07, 6.45) is 0. The van der Waals surface area contributed by atoms with Crippen LogP contribution in [0.2, 0.25) is 0 Å². The van der Waals surface area contributed by atoms with Crippen molar-refractivity contribution in [3.05, 3.63) is 322 Å². The summed E-state index contributed by atoms with van der Waals surface area (Å²) in [4.78, 5) is 10.6. The Balaban J connectivity index is 1.23. The topological polar surface area (TPSA) is 50.7 Å². The Kier molecular flexibility index (Phi) is 11.8. The van der Waals surface area contributed by atoms with E-state index in [2.05, 4.69) is 262 Å². The average molecular weight is 812 g/mol. The molecule has 0 unspecified atom stereocenters. The van der Waals surface area contributed by atoms with Crippen molar-refractivity contribution in [3.63, 3.8) is 0 Å². The van der Waals surface area contributed by atoms with Gasteiger partial charge in [0.2, 0.25) is 0 Å². The van der Waals surface area contributed by atoms with Gasteiger partial charge in [-0.15, -0.1) is 0 Å². The molecular formula is C60H49N3. The zero-order chi connectivity index (χ0) is 42.9. The van der Waals surface area contributed by atoms with Gasteiger partial charge in [-0.1, -0.05) is 243 Å². The summed E-state index contributed by atoms with van der Waals surface area (Å²) < 4.78 is 0. The van der Waals surface area contributed by atoms with E-state index in [0.29, 0.717) is 18.2 Å². The number of aliphatic imine (C=N–C) groups is 2. The Labute approximate surface area is 371 Å². The molecule has 9 aromatic carbocycles. The van der Waals surface area contributed by atoms with Crippen LogP contribution >= 0.6 is 0 Å². The zero-order valence-electron chi connectivity index (χ0n) is 35.4. The molecule has 0 aliphatic rings. The normalized spacial score (nSPS) is 12.2. The molecule has 3 heteroatoms. The molecule has 0 aliphatic carbocycles. The van der Waals surface area contributed by atoms with Gasteiger partial charge < -0.3 is 5.73 Å². The SMILES string of the molecule is Cc1ccccc1CN=C(N=C(N)c1cccc(C(c2ccccc2)(c2ccccc2)c2ccccc2)c1)c1cccc(C(c2ccccc2)(c2ccccc2)c2ccccc2)c1. The van der Waals surface area contributed by atoms with Gasteiger partial charge in [0.1, 0.15) is 5.84 Å². The van der Waals surface area contributed by atoms with E-state index in [9.17, 15) is 0 Å². The molecule has 9 aromatic rings. The van der Waals surface area contributed by atoms with Crippen molar-refractivity contribution in [3.8, 4) is 0 Å². The van der Waals surface area contributed by atoms with E-state index in [-0.39, 0.29) is 0 Å². The average Bonchev–Trinajstić information content (AvgIpc) is 3.36. The Morgan fingerprint density at radius 1 is 0.365 bits per heavy atom. The summed E-state index contributed by atoms with van der Waals surface area (Å²) in [7, 11) is 0. The number of amidine groups is 2. The van der Waals surface area contributed by atoms with Crippen molar-refractivity contribution >= 4 is 11.7 Å². The van der Waals surface area contributed by atoms with Crippen LogP contribution in [0.4, 0.5) is 0 Å². The Hall–Kier alpha value is -7.88. The Morgan fingerprint density at radius 3 is 1.06 bits per heavy atom. The van der Waals surface area contributed by atoms with Crippen LogP contribution in [0.1, 0.15) is 66.8 Å². The molecule has 0 saturated carbocycles.